The second-order valence-electron chi connectivity index (χ2n) is 5.24. The number of Topliss-reactive ketones (excluding diaryl/α,β-unsaturated/α-hetero) is 2. The molecule has 1 aromatic carbocycles. The van der Waals surface area contributed by atoms with Crippen LogP contribution in [0.15, 0.2) is 24.3 Å². The number of carbonyl (C=O) groups is 2. The number of hydrogen-bond donors (Lipinski definition) is 0. The second-order valence-corrected chi connectivity index (χ2v) is 5.68. The molecule has 2 aliphatic heterocycles. The van der Waals surface area contributed by atoms with E-state index in [2.05, 4.69) is 0 Å². The van der Waals surface area contributed by atoms with E-state index in [4.69, 9.17) is 21.1 Å². The largest absolute Gasteiger partial charge is 0.343 e. The predicted molar refractivity (Wildman–Crippen MR) is 65.9 cm³/mol. The smallest absolute Gasteiger partial charge is 0.218 e. The van der Waals surface area contributed by atoms with Crippen molar-refractivity contribution >= 4 is 23.2 Å². The van der Waals surface area contributed by atoms with Gasteiger partial charge in [-0.25, -0.2) is 0 Å². The molecule has 5 atom stereocenters. The van der Waals surface area contributed by atoms with E-state index in [0.717, 1.165) is 0 Å². The second kappa shape index (κ2) is 3.88. The number of halogens is 1. The van der Waals surface area contributed by atoms with Gasteiger partial charge < -0.3 is 9.47 Å². The van der Waals surface area contributed by atoms with Crippen LogP contribution >= 0.6 is 11.6 Å². The molecule has 1 aliphatic carbocycles. The number of ether oxygens (including phenoxy) is 2. The highest BCUT2D eigenvalue weighted by atomic mass is 35.5. The van der Waals surface area contributed by atoms with E-state index in [-0.39, 0.29) is 35.4 Å². The van der Waals surface area contributed by atoms with Crippen LogP contribution in [0.5, 0.6) is 0 Å². The molecule has 2 saturated heterocycles. The zero-order chi connectivity index (χ0) is 13.1. The van der Waals surface area contributed by atoms with Gasteiger partial charge in [0.25, 0.3) is 0 Å². The van der Waals surface area contributed by atoms with Crippen molar-refractivity contribution in [2.24, 2.45) is 17.8 Å². The molecule has 0 amide bonds. The average Bonchev–Trinajstić information content (AvgIpc) is 3.02. The Bertz CT molecular complexity index is 567. The highest BCUT2D eigenvalue weighted by Gasteiger charge is 2.68. The third-order valence-corrected chi connectivity index (χ3v) is 4.46. The molecule has 1 aromatic rings. The zero-order valence-electron chi connectivity index (χ0n) is 9.91. The van der Waals surface area contributed by atoms with Gasteiger partial charge in [0.1, 0.15) is 0 Å². The minimum Gasteiger partial charge on any atom is -0.343 e. The van der Waals surface area contributed by atoms with E-state index < -0.39 is 6.29 Å². The van der Waals surface area contributed by atoms with Crippen LogP contribution in [0, 0.1) is 17.8 Å². The Morgan fingerprint density at radius 3 is 2.74 bits per heavy atom. The molecule has 4 rings (SSSR count). The lowest BCUT2D eigenvalue weighted by Crippen LogP contribution is -2.30. The molecular weight excluding hydrogens is 268 g/mol. The summed E-state index contributed by atoms with van der Waals surface area (Å²) in [6.45, 7) is 0.419. The summed E-state index contributed by atoms with van der Waals surface area (Å²) in [5, 5.41) is 0.594. The summed E-state index contributed by atoms with van der Waals surface area (Å²) in [5.41, 5.74) is 0.605. The standard InChI is InChI=1S/C14H11ClO4/c15-7-3-1-6(2-4-7)12(16)10-9-8-5-18-14(19-8)13(17)11(9)10/h1-4,8-11,14H,5H2/t8-,9-,10-,11-,14-/m0/s1. The van der Waals surface area contributed by atoms with Crippen LogP contribution in [0.25, 0.3) is 0 Å². The Hall–Kier alpha value is -1.23. The van der Waals surface area contributed by atoms with Crippen molar-refractivity contribution in [1.82, 2.24) is 0 Å². The lowest BCUT2D eigenvalue weighted by molar-refractivity contribution is -0.153. The van der Waals surface area contributed by atoms with Gasteiger partial charge in [-0.15, -0.1) is 0 Å². The minimum absolute atomic E-state index is 0.00516. The third kappa shape index (κ3) is 1.60. The van der Waals surface area contributed by atoms with E-state index >= 15 is 0 Å². The van der Waals surface area contributed by atoms with Crippen molar-refractivity contribution in [1.29, 1.82) is 0 Å². The summed E-state index contributed by atoms with van der Waals surface area (Å²) < 4.78 is 10.7. The highest BCUT2D eigenvalue weighted by Crippen LogP contribution is 2.57. The van der Waals surface area contributed by atoms with E-state index in [1.165, 1.54) is 0 Å². The van der Waals surface area contributed by atoms with Crippen LogP contribution in [-0.2, 0) is 14.3 Å². The van der Waals surface area contributed by atoms with Gasteiger partial charge in [-0.2, -0.15) is 0 Å². The summed E-state index contributed by atoms with van der Waals surface area (Å²) in [5.74, 6) is -0.529. The van der Waals surface area contributed by atoms with Crippen molar-refractivity contribution < 1.29 is 19.1 Å². The summed E-state index contributed by atoms with van der Waals surface area (Å²) in [6, 6.07) is 6.78. The summed E-state index contributed by atoms with van der Waals surface area (Å²) in [6.07, 6.45) is -0.844. The molecule has 98 valence electrons. The first-order valence-corrected chi connectivity index (χ1v) is 6.65. The lowest BCUT2D eigenvalue weighted by Gasteiger charge is -2.14. The fourth-order valence-electron chi connectivity index (χ4n) is 3.24. The van der Waals surface area contributed by atoms with Gasteiger partial charge in [0.15, 0.2) is 11.6 Å². The number of ketones is 2. The van der Waals surface area contributed by atoms with Gasteiger partial charge in [-0.05, 0) is 24.3 Å². The first kappa shape index (κ1) is 11.6. The number of fused-ring (bicyclic) bond motifs is 4. The molecule has 5 heteroatoms. The van der Waals surface area contributed by atoms with Gasteiger partial charge in [0.05, 0.1) is 12.7 Å². The maximum atomic E-state index is 12.4. The van der Waals surface area contributed by atoms with Crippen molar-refractivity contribution in [3.63, 3.8) is 0 Å². The Labute approximate surface area is 114 Å². The van der Waals surface area contributed by atoms with Crippen LogP contribution in [0.3, 0.4) is 0 Å². The molecule has 0 N–H and O–H groups in total. The average molecular weight is 279 g/mol. The Kier molecular flexibility index (Phi) is 2.37. The van der Waals surface area contributed by atoms with Crippen molar-refractivity contribution in [2.75, 3.05) is 6.61 Å². The van der Waals surface area contributed by atoms with Crippen molar-refractivity contribution in [3.8, 4) is 0 Å². The topological polar surface area (TPSA) is 52.6 Å². The molecule has 2 heterocycles. The third-order valence-electron chi connectivity index (χ3n) is 4.21. The van der Waals surface area contributed by atoms with E-state index in [1.807, 2.05) is 0 Å². The zero-order valence-corrected chi connectivity index (χ0v) is 10.7. The van der Waals surface area contributed by atoms with Gasteiger partial charge in [0.2, 0.25) is 6.29 Å². The molecule has 19 heavy (non-hydrogen) atoms. The molecule has 0 aromatic heterocycles. The first-order valence-electron chi connectivity index (χ1n) is 6.27. The molecule has 1 saturated carbocycles. The molecule has 0 spiro atoms. The van der Waals surface area contributed by atoms with Gasteiger partial charge in [-0.1, -0.05) is 11.6 Å². The van der Waals surface area contributed by atoms with Crippen LogP contribution in [0.2, 0.25) is 5.02 Å². The van der Waals surface area contributed by atoms with Gasteiger partial charge in [-0.3, -0.25) is 9.59 Å². The van der Waals surface area contributed by atoms with Crippen LogP contribution in [0.1, 0.15) is 10.4 Å². The van der Waals surface area contributed by atoms with E-state index in [1.54, 1.807) is 24.3 Å². The maximum absolute atomic E-state index is 12.4. The quantitative estimate of drug-likeness (QED) is 0.773. The summed E-state index contributed by atoms with van der Waals surface area (Å²) in [7, 11) is 0. The van der Waals surface area contributed by atoms with Gasteiger partial charge >= 0.3 is 0 Å². The Morgan fingerprint density at radius 2 is 2.00 bits per heavy atom. The number of rotatable bonds is 2. The minimum atomic E-state index is -0.741. The molecule has 0 unspecified atom stereocenters. The van der Waals surface area contributed by atoms with Crippen molar-refractivity contribution in [2.45, 2.75) is 12.4 Å². The number of hydrogen-bond acceptors (Lipinski definition) is 4. The highest BCUT2D eigenvalue weighted by molar-refractivity contribution is 6.30. The number of benzene rings is 1. The molecule has 3 fully saturated rings. The van der Waals surface area contributed by atoms with Crippen LogP contribution < -0.4 is 0 Å². The first-order chi connectivity index (χ1) is 9.16. The number of carbonyl (C=O) groups excluding carboxylic acids is 2. The summed E-state index contributed by atoms with van der Waals surface area (Å²) in [4.78, 5) is 24.4. The van der Waals surface area contributed by atoms with Crippen molar-refractivity contribution in [3.05, 3.63) is 34.9 Å². The monoisotopic (exact) mass is 278 g/mol. The van der Waals surface area contributed by atoms with Gasteiger partial charge in [0, 0.05) is 28.3 Å². The SMILES string of the molecule is O=C(c1ccc(Cl)cc1)[C@@H]1[C@H]2C(=O)[C@H]3OC[C@H](O3)[C@@H]12. The fraction of sp³-hybridized carbons (Fsp3) is 0.429. The maximum Gasteiger partial charge on any atom is 0.218 e. The Morgan fingerprint density at radius 1 is 1.26 bits per heavy atom. The normalized spacial score (nSPS) is 39.0. The molecular formula is C14H11ClO4. The molecule has 4 nitrogen and oxygen atoms in total. The molecule has 3 aliphatic rings. The van der Waals surface area contributed by atoms with Crippen LogP contribution in [-0.4, -0.2) is 30.6 Å². The fourth-order valence-corrected chi connectivity index (χ4v) is 3.36. The van der Waals surface area contributed by atoms with E-state index in [9.17, 15) is 9.59 Å². The predicted octanol–water partition coefficient (Wildman–Crippen LogP) is 1.71. The van der Waals surface area contributed by atoms with E-state index in [0.29, 0.717) is 17.2 Å². The molecule has 2 bridgehead atoms. The lowest BCUT2D eigenvalue weighted by atomic mass is 10.0. The Balaban J connectivity index is 1.60. The van der Waals surface area contributed by atoms with Crippen LogP contribution in [0.4, 0.5) is 0 Å². The summed E-state index contributed by atoms with van der Waals surface area (Å²) >= 11 is 5.81. The molecule has 0 radical (unpaired) electrons.